The number of ether oxygens (including phenoxy) is 2. The van der Waals surface area contributed by atoms with E-state index in [4.69, 9.17) is 9.47 Å². The predicted octanol–water partition coefficient (Wildman–Crippen LogP) is 3.62. The number of benzene rings is 1. The minimum Gasteiger partial charge on any atom is -0.496 e. The summed E-state index contributed by atoms with van der Waals surface area (Å²) in [5.41, 5.74) is 0.250. The molecular formula is C22H26BrNO5. The molecule has 29 heavy (non-hydrogen) atoms. The van der Waals surface area contributed by atoms with Gasteiger partial charge in [-0.15, -0.1) is 0 Å². The first-order valence-electron chi connectivity index (χ1n) is 10.1. The van der Waals surface area contributed by atoms with Crippen molar-refractivity contribution in [3.05, 3.63) is 29.8 Å². The minimum atomic E-state index is -0.642. The fourth-order valence-electron chi connectivity index (χ4n) is 6.11. The first kappa shape index (κ1) is 20.4. The summed E-state index contributed by atoms with van der Waals surface area (Å²) in [6, 6.07) is 6.63. The second-order valence-corrected chi connectivity index (χ2v) is 10.7. The second kappa shape index (κ2) is 7.74. The predicted molar refractivity (Wildman–Crippen MR) is 110 cm³/mol. The van der Waals surface area contributed by atoms with E-state index in [-0.39, 0.29) is 21.3 Å². The molecule has 6 nitrogen and oxygen atoms in total. The van der Waals surface area contributed by atoms with Crippen molar-refractivity contribution < 1.29 is 23.9 Å². The van der Waals surface area contributed by atoms with Gasteiger partial charge in [-0.25, -0.2) is 0 Å². The number of carbonyl (C=O) groups excluding carboxylic acids is 3. The molecule has 4 bridgehead atoms. The lowest BCUT2D eigenvalue weighted by Gasteiger charge is -2.60. The maximum Gasteiger partial charge on any atom is 0.306 e. The fraction of sp³-hybridized carbons (Fsp3) is 0.591. The maximum absolute atomic E-state index is 12.5. The van der Waals surface area contributed by atoms with E-state index in [0.29, 0.717) is 24.0 Å². The summed E-state index contributed by atoms with van der Waals surface area (Å²) in [5.74, 6) is 0.168. The van der Waals surface area contributed by atoms with Crippen molar-refractivity contribution in [3.8, 4) is 5.75 Å². The molecule has 4 fully saturated rings. The van der Waals surface area contributed by atoms with Crippen LogP contribution < -0.4 is 10.1 Å². The summed E-state index contributed by atoms with van der Waals surface area (Å²) in [4.78, 5) is 36.8. The number of nitrogens with one attached hydrogen (secondary N) is 1. The van der Waals surface area contributed by atoms with E-state index >= 15 is 0 Å². The van der Waals surface area contributed by atoms with Gasteiger partial charge in [0.25, 0.3) is 11.8 Å². The van der Waals surface area contributed by atoms with E-state index < -0.39 is 18.4 Å². The number of para-hydroxylation sites is 1. The van der Waals surface area contributed by atoms with Gasteiger partial charge in [-0.2, -0.15) is 0 Å². The highest BCUT2D eigenvalue weighted by atomic mass is 79.9. The lowest BCUT2D eigenvalue weighted by atomic mass is 9.49. The Hall–Kier alpha value is -1.89. The number of esters is 1. The molecule has 4 aliphatic carbocycles. The van der Waals surface area contributed by atoms with Crippen molar-refractivity contribution in [1.29, 1.82) is 0 Å². The van der Waals surface area contributed by atoms with Crippen LogP contribution in [0.15, 0.2) is 24.3 Å². The highest BCUT2D eigenvalue weighted by Crippen LogP contribution is 2.65. The number of rotatable bonds is 6. The molecule has 0 unspecified atom stereocenters. The quantitative estimate of drug-likeness (QED) is 0.514. The van der Waals surface area contributed by atoms with Crippen molar-refractivity contribution in [2.45, 2.75) is 49.3 Å². The van der Waals surface area contributed by atoms with Crippen LogP contribution in [-0.2, 0) is 14.3 Å². The highest BCUT2D eigenvalue weighted by Gasteiger charge is 2.57. The molecule has 2 amide bonds. The topological polar surface area (TPSA) is 81.7 Å². The van der Waals surface area contributed by atoms with E-state index in [0.717, 1.165) is 19.3 Å². The van der Waals surface area contributed by atoms with Crippen molar-refractivity contribution >= 4 is 33.7 Å². The summed E-state index contributed by atoms with van der Waals surface area (Å²) in [5, 5.41) is 2.25. The lowest BCUT2D eigenvalue weighted by molar-refractivity contribution is -0.154. The standard InChI is InChI=1S/C22H26BrNO5/c1-28-17-5-3-2-4-16(17)20(27)24-18(25)12-29-19(26)11-21-7-14-6-15(8-21)10-22(23,9-14)13-21/h2-5,14-15H,6-13H2,1H3,(H,24,25,27)/t14-,15-,21?,22?/m1/s1. The molecule has 4 aliphatic rings. The van der Waals surface area contributed by atoms with Gasteiger partial charge < -0.3 is 9.47 Å². The van der Waals surface area contributed by atoms with Crippen LogP contribution in [0.4, 0.5) is 0 Å². The zero-order valence-electron chi connectivity index (χ0n) is 16.5. The first-order valence-corrected chi connectivity index (χ1v) is 10.9. The van der Waals surface area contributed by atoms with Crippen LogP contribution in [0.1, 0.15) is 55.3 Å². The van der Waals surface area contributed by atoms with Gasteiger partial charge in [0, 0.05) is 4.32 Å². The summed E-state index contributed by atoms with van der Waals surface area (Å²) in [7, 11) is 1.46. The Labute approximate surface area is 178 Å². The minimum absolute atomic E-state index is 0.00559. The van der Waals surface area contributed by atoms with E-state index in [2.05, 4.69) is 21.2 Å². The Morgan fingerprint density at radius 1 is 1.14 bits per heavy atom. The van der Waals surface area contributed by atoms with Gasteiger partial charge in [0.1, 0.15) is 5.75 Å². The number of alkyl halides is 1. The van der Waals surface area contributed by atoms with Gasteiger partial charge in [0.15, 0.2) is 6.61 Å². The Balaban J connectivity index is 1.29. The van der Waals surface area contributed by atoms with Crippen LogP contribution in [0.5, 0.6) is 5.75 Å². The van der Waals surface area contributed by atoms with Gasteiger partial charge in [0.05, 0.1) is 19.1 Å². The third-order valence-corrected chi connectivity index (χ3v) is 7.53. The molecule has 0 radical (unpaired) electrons. The molecule has 0 aliphatic heterocycles. The Kier molecular flexibility index (Phi) is 5.44. The number of amides is 2. The number of carbonyl (C=O) groups is 3. The fourth-order valence-corrected chi connectivity index (χ4v) is 7.62. The van der Waals surface area contributed by atoms with Crippen LogP contribution in [0.2, 0.25) is 0 Å². The molecule has 2 atom stereocenters. The zero-order valence-corrected chi connectivity index (χ0v) is 18.1. The molecule has 1 aromatic carbocycles. The summed E-state index contributed by atoms with van der Waals surface area (Å²) >= 11 is 3.94. The Morgan fingerprint density at radius 3 is 2.48 bits per heavy atom. The molecule has 156 valence electrons. The third kappa shape index (κ3) is 4.34. The van der Waals surface area contributed by atoms with Crippen molar-refractivity contribution in [2.75, 3.05) is 13.7 Å². The largest absolute Gasteiger partial charge is 0.496 e. The molecular weight excluding hydrogens is 438 g/mol. The van der Waals surface area contributed by atoms with Gasteiger partial charge in [0.2, 0.25) is 0 Å². The summed E-state index contributed by atoms with van der Waals surface area (Å²) in [6.45, 7) is -0.456. The Morgan fingerprint density at radius 2 is 1.83 bits per heavy atom. The van der Waals surface area contributed by atoms with Crippen LogP contribution >= 0.6 is 15.9 Å². The van der Waals surface area contributed by atoms with Crippen molar-refractivity contribution in [2.24, 2.45) is 17.3 Å². The third-order valence-electron chi connectivity index (χ3n) is 6.60. The van der Waals surface area contributed by atoms with E-state index in [1.165, 1.54) is 26.4 Å². The van der Waals surface area contributed by atoms with Crippen LogP contribution in [0.25, 0.3) is 0 Å². The number of hydrogen-bond acceptors (Lipinski definition) is 5. The lowest BCUT2D eigenvalue weighted by Crippen LogP contribution is -2.53. The van der Waals surface area contributed by atoms with E-state index in [9.17, 15) is 14.4 Å². The molecule has 4 saturated carbocycles. The highest BCUT2D eigenvalue weighted by molar-refractivity contribution is 9.10. The maximum atomic E-state index is 12.5. The number of imide groups is 1. The molecule has 0 heterocycles. The molecule has 7 heteroatoms. The van der Waals surface area contributed by atoms with Crippen molar-refractivity contribution in [1.82, 2.24) is 5.32 Å². The average Bonchev–Trinajstić information content (AvgIpc) is 2.64. The Bertz CT molecular complexity index is 824. The molecule has 0 spiro atoms. The molecule has 5 rings (SSSR count). The van der Waals surface area contributed by atoms with Crippen LogP contribution in [0, 0.1) is 17.3 Å². The monoisotopic (exact) mass is 463 g/mol. The number of methoxy groups -OCH3 is 1. The molecule has 0 aromatic heterocycles. The second-order valence-electron chi connectivity index (χ2n) is 9.03. The van der Waals surface area contributed by atoms with Gasteiger partial charge in [-0.1, -0.05) is 28.1 Å². The first-order chi connectivity index (χ1) is 13.8. The van der Waals surface area contributed by atoms with Gasteiger partial charge in [-0.3, -0.25) is 19.7 Å². The average molecular weight is 464 g/mol. The van der Waals surface area contributed by atoms with Crippen LogP contribution in [0.3, 0.4) is 0 Å². The molecule has 1 aromatic rings. The molecule has 0 saturated heterocycles. The molecule has 1 N–H and O–H groups in total. The van der Waals surface area contributed by atoms with Crippen molar-refractivity contribution in [3.63, 3.8) is 0 Å². The normalized spacial score (nSPS) is 31.9. The van der Waals surface area contributed by atoms with E-state index in [1.54, 1.807) is 24.3 Å². The zero-order chi connectivity index (χ0) is 20.6. The summed E-state index contributed by atoms with van der Waals surface area (Å²) in [6.07, 6.45) is 7.18. The number of halogens is 1. The van der Waals surface area contributed by atoms with Gasteiger partial charge >= 0.3 is 5.97 Å². The van der Waals surface area contributed by atoms with Crippen LogP contribution in [-0.4, -0.2) is 35.8 Å². The van der Waals surface area contributed by atoms with Gasteiger partial charge in [-0.05, 0) is 67.9 Å². The summed E-state index contributed by atoms with van der Waals surface area (Å²) < 4.78 is 10.5. The van der Waals surface area contributed by atoms with E-state index in [1.807, 2.05) is 0 Å². The smallest absolute Gasteiger partial charge is 0.306 e. The number of hydrogen-bond donors (Lipinski definition) is 1. The SMILES string of the molecule is COc1ccccc1C(=O)NC(=O)COC(=O)CC12C[C@H]3C[C@@H](CC(Br)(C3)C1)C2.